The number of nitrogens with one attached hydrogen (secondary N) is 2. The van der Waals surface area contributed by atoms with E-state index in [-0.39, 0.29) is 16.9 Å². The third-order valence-electron chi connectivity index (χ3n) is 7.38. The maximum absolute atomic E-state index is 13.7. The van der Waals surface area contributed by atoms with Crippen molar-refractivity contribution < 1.29 is 4.79 Å². The molecule has 0 saturated carbocycles. The highest BCUT2D eigenvalue weighted by Crippen LogP contribution is 2.31. The Morgan fingerprint density at radius 3 is 2.80 bits per heavy atom. The number of amides is 1. The van der Waals surface area contributed by atoms with Crippen LogP contribution in [0.3, 0.4) is 0 Å². The number of rotatable bonds is 5. The second-order valence-electron chi connectivity index (χ2n) is 9.51. The number of hydrogen-bond acceptors (Lipinski definition) is 7. The fraction of sp³-hybridized carbons (Fsp3) is 0.423. The molecule has 2 saturated heterocycles. The third kappa shape index (κ3) is 3.97. The van der Waals surface area contributed by atoms with Crippen LogP contribution in [-0.2, 0) is 0 Å². The molecule has 2 aliphatic heterocycles. The van der Waals surface area contributed by atoms with Crippen molar-refractivity contribution in [3.8, 4) is 0 Å². The first-order valence-corrected chi connectivity index (χ1v) is 13.2. The van der Waals surface area contributed by atoms with Gasteiger partial charge in [0, 0.05) is 38.8 Å². The van der Waals surface area contributed by atoms with Crippen molar-refractivity contribution in [1.82, 2.24) is 24.9 Å². The zero-order valence-electron chi connectivity index (χ0n) is 19.9. The maximum atomic E-state index is 13.7. The molecule has 0 spiro atoms. The minimum absolute atomic E-state index is 0.218. The van der Waals surface area contributed by atoms with Crippen molar-refractivity contribution in [2.45, 2.75) is 25.3 Å². The average molecular weight is 491 g/mol. The molecule has 2 aliphatic rings. The number of carbonyl (C=O) groups excluding carboxylic acids is 1. The van der Waals surface area contributed by atoms with Gasteiger partial charge in [-0.2, -0.15) is 0 Å². The van der Waals surface area contributed by atoms with Crippen molar-refractivity contribution in [1.29, 1.82) is 0 Å². The first-order chi connectivity index (χ1) is 17.1. The summed E-state index contributed by atoms with van der Waals surface area (Å²) in [5.74, 6) is 0.563. The van der Waals surface area contributed by atoms with Crippen LogP contribution < -0.4 is 21.0 Å². The molecule has 0 bridgehead atoms. The van der Waals surface area contributed by atoms with Gasteiger partial charge in [0.15, 0.2) is 5.65 Å². The topological polar surface area (TPSA) is 82.0 Å². The second kappa shape index (κ2) is 9.22. The number of likely N-dealkylation sites (tertiary alicyclic amines) is 1. The Morgan fingerprint density at radius 2 is 2.00 bits per heavy atom. The minimum atomic E-state index is -0.298. The first-order valence-electron chi connectivity index (χ1n) is 12.4. The van der Waals surface area contributed by atoms with E-state index in [4.69, 9.17) is 4.98 Å². The molecule has 4 aromatic rings. The first kappa shape index (κ1) is 22.5. The summed E-state index contributed by atoms with van der Waals surface area (Å²) >= 11 is 1.48. The lowest BCUT2D eigenvalue weighted by Gasteiger charge is -2.28. The number of thiazole rings is 1. The number of anilines is 1. The molecule has 35 heavy (non-hydrogen) atoms. The summed E-state index contributed by atoms with van der Waals surface area (Å²) in [6.45, 7) is 5.23. The van der Waals surface area contributed by atoms with Crippen LogP contribution in [0.1, 0.15) is 29.6 Å². The highest BCUT2D eigenvalue weighted by molar-refractivity contribution is 7.24. The summed E-state index contributed by atoms with van der Waals surface area (Å²) in [5, 5.41) is 6.89. The van der Waals surface area contributed by atoms with Crippen LogP contribution in [0.5, 0.6) is 0 Å². The van der Waals surface area contributed by atoms with Crippen molar-refractivity contribution in [3.63, 3.8) is 0 Å². The van der Waals surface area contributed by atoms with E-state index >= 15 is 0 Å². The Morgan fingerprint density at radius 1 is 1.17 bits per heavy atom. The Balaban J connectivity index is 1.45. The summed E-state index contributed by atoms with van der Waals surface area (Å²) in [4.78, 5) is 37.3. The van der Waals surface area contributed by atoms with E-state index in [1.165, 1.54) is 17.8 Å². The highest BCUT2D eigenvalue weighted by atomic mass is 32.1. The van der Waals surface area contributed by atoms with Gasteiger partial charge in [-0.15, -0.1) is 11.3 Å². The number of fused-ring (bicyclic) bond motifs is 5. The number of carbonyl (C=O) groups is 1. The lowest BCUT2D eigenvalue weighted by Crippen LogP contribution is -2.43. The van der Waals surface area contributed by atoms with E-state index in [1.54, 1.807) is 0 Å². The molecule has 5 heterocycles. The molecule has 3 aromatic heterocycles. The van der Waals surface area contributed by atoms with Gasteiger partial charge < -0.3 is 20.4 Å². The van der Waals surface area contributed by atoms with Crippen molar-refractivity contribution in [2.24, 2.45) is 0 Å². The van der Waals surface area contributed by atoms with Crippen LogP contribution in [0.15, 0.2) is 41.2 Å². The van der Waals surface area contributed by atoms with Crippen molar-refractivity contribution in [3.05, 3.63) is 52.2 Å². The van der Waals surface area contributed by atoms with Gasteiger partial charge in [-0.25, -0.2) is 4.98 Å². The molecule has 0 radical (unpaired) electrons. The number of hydrogen-bond donors (Lipinski definition) is 2. The second-order valence-corrected chi connectivity index (χ2v) is 10.5. The van der Waals surface area contributed by atoms with Crippen LogP contribution in [0.25, 0.3) is 26.1 Å². The Hall–Kier alpha value is -3.01. The molecule has 2 fully saturated rings. The van der Waals surface area contributed by atoms with Crippen molar-refractivity contribution in [2.75, 3.05) is 51.2 Å². The van der Waals surface area contributed by atoms with Gasteiger partial charge in [0.25, 0.3) is 5.91 Å². The largest absolute Gasteiger partial charge is 0.354 e. The molecule has 6 rings (SSSR count). The van der Waals surface area contributed by atoms with Gasteiger partial charge in [-0.3, -0.25) is 14.0 Å². The standard InChI is InChI=1S/C26H30N6O2S/c1-30-14-4-5-17(30)10-11-28-25(34)22-23(33)18-8-9-21(31-15-12-27-13-16-31)29-24(18)32-19-6-2-3-7-20(19)35-26(22)32/h2-3,6-9,17,27H,4-5,10-16H2,1H3,(H,28,34). The highest BCUT2D eigenvalue weighted by Gasteiger charge is 2.25. The molecule has 8 nitrogen and oxygen atoms in total. The van der Waals surface area contributed by atoms with Gasteiger partial charge in [0.1, 0.15) is 16.2 Å². The van der Waals surface area contributed by atoms with E-state index in [0.29, 0.717) is 28.5 Å². The molecule has 182 valence electrons. The van der Waals surface area contributed by atoms with E-state index < -0.39 is 0 Å². The summed E-state index contributed by atoms with van der Waals surface area (Å²) in [5.41, 5.74) is 1.54. The van der Waals surface area contributed by atoms with Crippen LogP contribution in [0, 0.1) is 0 Å². The van der Waals surface area contributed by atoms with Gasteiger partial charge in [0.2, 0.25) is 5.43 Å². The van der Waals surface area contributed by atoms with Gasteiger partial charge in [-0.05, 0) is 57.1 Å². The van der Waals surface area contributed by atoms with Gasteiger partial charge >= 0.3 is 0 Å². The van der Waals surface area contributed by atoms with E-state index in [9.17, 15) is 9.59 Å². The van der Waals surface area contributed by atoms with Crippen molar-refractivity contribution >= 4 is 49.1 Å². The van der Waals surface area contributed by atoms with E-state index in [2.05, 4.69) is 27.5 Å². The molecule has 0 aliphatic carbocycles. The summed E-state index contributed by atoms with van der Waals surface area (Å²) in [6.07, 6.45) is 3.25. The fourth-order valence-electron chi connectivity index (χ4n) is 5.43. The Kier molecular flexibility index (Phi) is 5.91. The van der Waals surface area contributed by atoms with E-state index in [0.717, 1.165) is 61.6 Å². The van der Waals surface area contributed by atoms with Gasteiger partial charge in [0.05, 0.1) is 15.6 Å². The molecule has 9 heteroatoms. The summed E-state index contributed by atoms with van der Waals surface area (Å²) in [7, 11) is 2.14. The molecule has 1 unspecified atom stereocenters. The number of aromatic nitrogens is 2. The predicted molar refractivity (Wildman–Crippen MR) is 142 cm³/mol. The number of nitrogens with zero attached hydrogens (tertiary/aromatic N) is 4. The Labute approximate surface area is 207 Å². The molecular formula is C26H30N6O2S. The lowest BCUT2D eigenvalue weighted by molar-refractivity contribution is 0.0951. The number of piperazine rings is 1. The normalized spacial score (nSPS) is 19.2. The average Bonchev–Trinajstić information content (AvgIpc) is 3.47. The molecule has 2 N–H and O–H groups in total. The van der Waals surface area contributed by atoms with Gasteiger partial charge in [-0.1, -0.05) is 12.1 Å². The predicted octanol–water partition coefficient (Wildman–Crippen LogP) is 2.69. The van der Waals surface area contributed by atoms with Crippen LogP contribution in [0.4, 0.5) is 5.82 Å². The third-order valence-corrected chi connectivity index (χ3v) is 8.52. The SMILES string of the molecule is CN1CCCC1CCNC(=O)c1c(=O)c2ccc(N3CCNCC3)nc2n2c1sc1ccccc12. The van der Waals surface area contributed by atoms with Crippen LogP contribution in [-0.4, -0.2) is 72.5 Å². The number of pyridine rings is 2. The van der Waals surface area contributed by atoms with E-state index in [1.807, 2.05) is 40.8 Å². The Bertz CT molecular complexity index is 1470. The summed E-state index contributed by atoms with van der Waals surface area (Å²) in [6, 6.07) is 12.3. The fourth-order valence-corrected chi connectivity index (χ4v) is 6.62. The maximum Gasteiger partial charge on any atom is 0.258 e. The lowest BCUT2D eigenvalue weighted by atomic mass is 10.1. The molecule has 1 atom stereocenters. The monoisotopic (exact) mass is 490 g/mol. The van der Waals surface area contributed by atoms with Crippen LogP contribution >= 0.6 is 11.3 Å². The molecule has 1 aromatic carbocycles. The minimum Gasteiger partial charge on any atom is -0.354 e. The number of para-hydroxylation sites is 1. The molecule has 1 amide bonds. The quantitative estimate of drug-likeness (QED) is 0.448. The zero-order chi connectivity index (χ0) is 23.9. The number of benzene rings is 1. The van der Waals surface area contributed by atoms with Crippen LogP contribution in [0.2, 0.25) is 0 Å². The summed E-state index contributed by atoms with van der Waals surface area (Å²) < 4.78 is 3.03. The smallest absolute Gasteiger partial charge is 0.258 e. The molecular weight excluding hydrogens is 460 g/mol. The zero-order valence-corrected chi connectivity index (χ0v) is 20.7.